The fraction of sp³-hybridized carbons (Fsp3) is 0.143. The molecule has 0 aliphatic rings. The summed E-state index contributed by atoms with van der Waals surface area (Å²) in [4.78, 5) is 9.72. The molecule has 82 valence electrons. The highest BCUT2D eigenvalue weighted by Crippen LogP contribution is 2.26. The van der Waals surface area contributed by atoms with Crippen LogP contribution in [0.2, 0.25) is 5.02 Å². The van der Waals surface area contributed by atoms with Gasteiger partial charge in [-0.1, -0.05) is 11.6 Å². The molecule has 1 aromatic rings. The highest BCUT2D eigenvalue weighted by Gasteiger charge is 2.12. The molecule has 15 heavy (non-hydrogen) atoms. The molecule has 0 saturated carbocycles. The molecule has 1 aromatic carbocycles. The topological polar surface area (TPSA) is 86.5 Å². The molecule has 0 heterocycles. The van der Waals surface area contributed by atoms with Gasteiger partial charge in [-0.2, -0.15) is 8.42 Å². The van der Waals surface area contributed by atoms with Crippen molar-refractivity contribution in [2.24, 2.45) is 0 Å². The number of nitro benzene ring substituents is 1. The van der Waals surface area contributed by atoms with Crippen molar-refractivity contribution >= 4 is 27.4 Å². The van der Waals surface area contributed by atoms with E-state index in [2.05, 4.69) is 4.18 Å². The van der Waals surface area contributed by atoms with Gasteiger partial charge in [-0.15, -0.1) is 0 Å². The van der Waals surface area contributed by atoms with E-state index in [1.54, 1.807) is 0 Å². The van der Waals surface area contributed by atoms with Crippen molar-refractivity contribution in [2.45, 2.75) is 0 Å². The van der Waals surface area contributed by atoms with Crippen LogP contribution in [-0.4, -0.2) is 19.6 Å². The molecule has 6 nitrogen and oxygen atoms in total. The summed E-state index contributed by atoms with van der Waals surface area (Å²) in [6, 6.07) is 3.25. The maximum absolute atomic E-state index is 10.8. The van der Waals surface area contributed by atoms with Gasteiger partial charge in [-0.25, -0.2) is 0 Å². The van der Waals surface area contributed by atoms with Crippen molar-refractivity contribution in [2.75, 3.05) is 6.26 Å². The Labute approximate surface area is 90.7 Å². The molecule has 0 atom stereocenters. The summed E-state index contributed by atoms with van der Waals surface area (Å²) in [6.45, 7) is 0. The molecule has 0 aromatic heterocycles. The maximum Gasteiger partial charge on any atom is 0.306 e. The van der Waals surface area contributed by atoms with Crippen LogP contribution in [0.15, 0.2) is 18.2 Å². The van der Waals surface area contributed by atoms with E-state index in [0.29, 0.717) is 0 Å². The molecule has 0 unspecified atom stereocenters. The summed E-state index contributed by atoms with van der Waals surface area (Å²) in [5, 5.41) is 10.4. The van der Waals surface area contributed by atoms with Crippen LogP contribution in [-0.2, 0) is 10.1 Å². The van der Waals surface area contributed by atoms with Gasteiger partial charge in [0.1, 0.15) is 0 Å². The number of nitro groups is 1. The summed E-state index contributed by atoms with van der Waals surface area (Å²) in [6.07, 6.45) is 0.833. The number of hydrogen-bond donors (Lipinski definition) is 0. The van der Waals surface area contributed by atoms with Crippen molar-refractivity contribution in [3.05, 3.63) is 33.3 Å². The van der Waals surface area contributed by atoms with Gasteiger partial charge in [0.05, 0.1) is 22.3 Å². The number of benzene rings is 1. The van der Waals surface area contributed by atoms with E-state index in [4.69, 9.17) is 11.6 Å². The van der Waals surface area contributed by atoms with Gasteiger partial charge in [-0.3, -0.25) is 10.1 Å². The molecule has 0 N–H and O–H groups in total. The Morgan fingerprint density at radius 3 is 2.47 bits per heavy atom. The Morgan fingerprint density at radius 1 is 1.40 bits per heavy atom. The Morgan fingerprint density at radius 2 is 2.00 bits per heavy atom. The summed E-state index contributed by atoms with van der Waals surface area (Å²) < 4.78 is 26.0. The predicted molar refractivity (Wildman–Crippen MR) is 53.6 cm³/mol. The highest BCUT2D eigenvalue weighted by atomic mass is 35.5. The molecule has 0 amide bonds. The van der Waals surface area contributed by atoms with Crippen LogP contribution in [0.4, 0.5) is 5.69 Å². The van der Waals surface area contributed by atoms with Crippen molar-refractivity contribution < 1.29 is 17.5 Å². The molecule has 0 saturated heterocycles. The monoisotopic (exact) mass is 251 g/mol. The first kappa shape index (κ1) is 11.7. The molecule has 8 heteroatoms. The summed E-state index contributed by atoms with van der Waals surface area (Å²) in [7, 11) is -3.72. The predicted octanol–water partition coefficient (Wildman–Crippen LogP) is 1.59. The number of hydrogen-bond acceptors (Lipinski definition) is 5. The van der Waals surface area contributed by atoms with Crippen molar-refractivity contribution in [1.29, 1.82) is 0 Å². The lowest BCUT2D eigenvalue weighted by Gasteiger charge is -2.02. The van der Waals surface area contributed by atoms with Crippen LogP contribution in [0.3, 0.4) is 0 Å². The average molecular weight is 252 g/mol. The minimum atomic E-state index is -3.72. The first-order valence-electron chi connectivity index (χ1n) is 3.62. The lowest BCUT2D eigenvalue weighted by atomic mass is 10.3. The molecule has 0 spiro atoms. The number of non-ortho nitro benzene ring substituents is 1. The Bertz CT molecular complexity index is 498. The van der Waals surface area contributed by atoms with Gasteiger partial charge in [0.2, 0.25) is 0 Å². The van der Waals surface area contributed by atoms with Crippen LogP contribution in [0.1, 0.15) is 0 Å². The second-order valence-corrected chi connectivity index (χ2v) is 4.70. The first-order chi connectivity index (χ1) is 6.78. The van der Waals surface area contributed by atoms with Crippen LogP contribution < -0.4 is 4.18 Å². The van der Waals surface area contributed by atoms with E-state index in [1.165, 1.54) is 6.07 Å². The van der Waals surface area contributed by atoms with Gasteiger partial charge in [0, 0.05) is 12.1 Å². The second-order valence-electron chi connectivity index (χ2n) is 2.69. The van der Waals surface area contributed by atoms with Gasteiger partial charge < -0.3 is 4.18 Å². The van der Waals surface area contributed by atoms with E-state index in [1.807, 2.05) is 0 Å². The maximum atomic E-state index is 10.8. The smallest absolute Gasteiger partial charge is 0.306 e. The van der Waals surface area contributed by atoms with Crippen LogP contribution in [0, 0.1) is 10.1 Å². The zero-order valence-electron chi connectivity index (χ0n) is 7.51. The van der Waals surface area contributed by atoms with Crippen molar-refractivity contribution in [3.8, 4) is 5.75 Å². The van der Waals surface area contributed by atoms with Crippen LogP contribution in [0.5, 0.6) is 5.75 Å². The fourth-order valence-electron chi connectivity index (χ4n) is 0.876. The Kier molecular flexibility index (Phi) is 3.15. The standard InChI is InChI=1S/C7H6ClNO5S/c1-15(12,13)14-7-3-5(8)2-6(4-7)9(10)11/h2-4H,1H3. The van der Waals surface area contributed by atoms with Gasteiger partial charge in [0.15, 0.2) is 5.75 Å². The SMILES string of the molecule is CS(=O)(=O)Oc1cc(Cl)cc([N+](=O)[O-])c1. The van der Waals surface area contributed by atoms with Gasteiger partial charge >= 0.3 is 10.1 Å². The average Bonchev–Trinajstić information content (AvgIpc) is 1.99. The Hall–Kier alpha value is -1.34. The van der Waals surface area contributed by atoms with E-state index >= 15 is 0 Å². The van der Waals surface area contributed by atoms with Crippen LogP contribution >= 0.6 is 11.6 Å². The molecule has 0 aliphatic carbocycles. The molecule has 0 radical (unpaired) electrons. The van der Waals surface area contributed by atoms with Crippen molar-refractivity contribution in [1.82, 2.24) is 0 Å². The molecular weight excluding hydrogens is 246 g/mol. The lowest BCUT2D eigenvalue weighted by molar-refractivity contribution is -0.384. The molecular formula is C7H6ClNO5S. The zero-order chi connectivity index (χ0) is 11.6. The van der Waals surface area contributed by atoms with E-state index in [0.717, 1.165) is 18.4 Å². The summed E-state index contributed by atoms with van der Waals surface area (Å²) >= 11 is 5.54. The minimum Gasteiger partial charge on any atom is -0.382 e. The second kappa shape index (κ2) is 4.03. The van der Waals surface area contributed by atoms with E-state index in [9.17, 15) is 18.5 Å². The minimum absolute atomic E-state index is 0.0304. The number of rotatable bonds is 3. The van der Waals surface area contributed by atoms with E-state index in [-0.39, 0.29) is 16.5 Å². The fourth-order valence-corrected chi connectivity index (χ4v) is 1.54. The molecule has 0 bridgehead atoms. The molecule has 0 aliphatic heterocycles. The number of nitrogens with zero attached hydrogens (tertiary/aromatic N) is 1. The van der Waals surface area contributed by atoms with Gasteiger partial charge in [-0.05, 0) is 0 Å². The number of halogens is 1. The summed E-state index contributed by atoms with van der Waals surface area (Å²) in [5.41, 5.74) is -0.332. The van der Waals surface area contributed by atoms with Gasteiger partial charge in [0.25, 0.3) is 5.69 Å². The molecule has 0 fully saturated rings. The van der Waals surface area contributed by atoms with Crippen LogP contribution in [0.25, 0.3) is 0 Å². The summed E-state index contributed by atoms with van der Waals surface area (Å²) in [5.74, 6) is -0.184. The normalized spacial score (nSPS) is 11.1. The first-order valence-corrected chi connectivity index (χ1v) is 5.82. The quantitative estimate of drug-likeness (QED) is 0.462. The Balaban J connectivity index is 3.15. The third kappa shape index (κ3) is 3.72. The third-order valence-corrected chi connectivity index (χ3v) is 2.03. The molecule has 1 rings (SSSR count). The highest BCUT2D eigenvalue weighted by molar-refractivity contribution is 7.86. The van der Waals surface area contributed by atoms with Crippen molar-refractivity contribution in [3.63, 3.8) is 0 Å². The third-order valence-electron chi connectivity index (χ3n) is 1.31. The lowest BCUT2D eigenvalue weighted by Crippen LogP contribution is -2.05. The zero-order valence-corrected chi connectivity index (χ0v) is 9.08. The largest absolute Gasteiger partial charge is 0.382 e. The van der Waals surface area contributed by atoms with E-state index < -0.39 is 15.0 Å².